The average Bonchev–Trinajstić information content (AvgIpc) is 3.33. The molecular weight excluding hydrogens is 404 g/mol. The Hall–Kier alpha value is -3.45. The molecule has 1 unspecified atom stereocenters. The highest BCUT2D eigenvalue weighted by Crippen LogP contribution is 2.20. The second kappa shape index (κ2) is 10.7. The van der Waals surface area contributed by atoms with Gasteiger partial charge in [0.2, 0.25) is 5.91 Å². The molecule has 0 bridgehead atoms. The fourth-order valence-corrected chi connectivity index (χ4v) is 4.00. The number of carbonyl (C=O) groups excluding carboxylic acids is 2. The number of amides is 2. The van der Waals surface area contributed by atoms with E-state index in [1.165, 1.54) is 5.56 Å². The van der Waals surface area contributed by atoms with Crippen molar-refractivity contribution in [2.75, 3.05) is 26.2 Å². The first-order valence-electron chi connectivity index (χ1n) is 11.0. The van der Waals surface area contributed by atoms with E-state index in [1.807, 2.05) is 36.4 Å². The number of nitrogens with one attached hydrogen (secondary N) is 2. The lowest BCUT2D eigenvalue weighted by atomic mass is 9.97. The molecule has 2 heterocycles. The normalized spacial score (nSPS) is 16.4. The Morgan fingerprint density at radius 1 is 1.03 bits per heavy atom. The molecule has 7 heteroatoms. The Bertz CT molecular complexity index is 1020. The Morgan fingerprint density at radius 3 is 2.56 bits per heavy atom. The number of hydrogen-bond donors (Lipinski definition) is 2. The lowest BCUT2D eigenvalue weighted by Crippen LogP contribution is -2.43. The van der Waals surface area contributed by atoms with Gasteiger partial charge in [0.1, 0.15) is 0 Å². The van der Waals surface area contributed by atoms with E-state index in [-0.39, 0.29) is 18.1 Å². The van der Waals surface area contributed by atoms with Crippen molar-refractivity contribution in [2.45, 2.75) is 19.4 Å². The summed E-state index contributed by atoms with van der Waals surface area (Å²) in [6.07, 6.45) is 2.22. The zero-order valence-electron chi connectivity index (χ0n) is 18.0. The van der Waals surface area contributed by atoms with E-state index in [1.54, 1.807) is 6.07 Å². The SMILES string of the molecule is O=C(CNC(=O)c1cc(-c2ccccc2)on1)NCC1CCCN(Cc2ccccc2)C1. The van der Waals surface area contributed by atoms with Crippen LogP contribution >= 0.6 is 0 Å². The van der Waals surface area contributed by atoms with Crippen molar-refractivity contribution in [3.8, 4) is 11.3 Å². The van der Waals surface area contributed by atoms with Gasteiger partial charge in [0, 0.05) is 31.3 Å². The van der Waals surface area contributed by atoms with E-state index >= 15 is 0 Å². The average molecular weight is 433 g/mol. The Labute approximate surface area is 187 Å². The third-order valence-corrected chi connectivity index (χ3v) is 5.65. The number of nitrogens with zero attached hydrogens (tertiary/aromatic N) is 2. The van der Waals surface area contributed by atoms with Gasteiger partial charge in [0.15, 0.2) is 11.5 Å². The molecule has 0 spiro atoms. The topological polar surface area (TPSA) is 87.5 Å². The van der Waals surface area contributed by atoms with Gasteiger partial charge in [-0.25, -0.2) is 0 Å². The summed E-state index contributed by atoms with van der Waals surface area (Å²) in [4.78, 5) is 27.0. The maximum Gasteiger partial charge on any atom is 0.273 e. The molecule has 1 aliphatic heterocycles. The quantitative estimate of drug-likeness (QED) is 0.571. The number of hydrogen-bond acceptors (Lipinski definition) is 5. The van der Waals surface area contributed by atoms with Crippen LogP contribution in [-0.4, -0.2) is 48.0 Å². The van der Waals surface area contributed by atoms with Crippen LogP contribution in [-0.2, 0) is 11.3 Å². The Balaban J connectivity index is 1.19. The number of likely N-dealkylation sites (tertiary alicyclic amines) is 1. The highest BCUT2D eigenvalue weighted by atomic mass is 16.5. The van der Waals surface area contributed by atoms with Crippen molar-refractivity contribution >= 4 is 11.8 Å². The van der Waals surface area contributed by atoms with Crippen LogP contribution in [0.2, 0.25) is 0 Å². The summed E-state index contributed by atoms with van der Waals surface area (Å²) in [6.45, 7) is 3.50. The molecule has 166 valence electrons. The summed E-state index contributed by atoms with van der Waals surface area (Å²) in [7, 11) is 0. The van der Waals surface area contributed by atoms with Crippen LogP contribution < -0.4 is 10.6 Å². The Kier molecular flexibility index (Phi) is 7.30. The molecule has 32 heavy (non-hydrogen) atoms. The molecule has 1 saturated heterocycles. The Morgan fingerprint density at radius 2 is 1.78 bits per heavy atom. The molecule has 2 amide bonds. The smallest absolute Gasteiger partial charge is 0.273 e. The van der Waals surface area contributed by atoms with Crippen LogP contribution in [0.4, 0.5) is 0 Å². The number of benzene rings is 2. The first-order valence-corrected chi connectivity index (χ1v) is 11.0. The molecule has 2 aromatic carbocycles. The first-order chi connectivity index (χ1) is 15.7. The van der Waals surface area contributed by atoms with Crippen LogP contribution in [0.3, 0.4) is 0 Å². The number of piperidine rings is 1. The van der Waals surface area contributed by atoms with Crippen molar-refractivity contribution in [3.05, 3.63) is 78.0 Å². The molecule has 4 rings (SSSR count). The molecule has 7 nitrogen and oxygen atoms in total. The lowest BCUT2D eigenvalue weighted by molar-refractivity contribution is -0.120. The van der Waals surface area contributed by atoms with E-state index in [0.29, 0.717) is 18.2 Å². The zero-order chi connectivity index (χ0) is 22.2. The van der Waals surface area contributed by atoms with E-state index < -0.39 is 5.91 Å². The first kappa shape index (κ1) is 21.8. The van der Waals surface area contributed by atoms with Gasteiger partial charge >= 0.3 is 0 Å². The summed E-state index contributed by atoms with van der Waals surface area (Å²) in [5.41, 5.74) is 2.30. The second-order valence-corrected chi connectivity index (χ2v) is 8.16. The van der Waals surface area contributed by atoms with Crippen LogP contribution in [0.15, 0.2) is 71.3 Å². The molecule has 1 fully saturated rings. The number of rotatable bonds is 8. The van der Waals surface area contributed by atoms with Crippen LogP contribution in [0, 0.1) is 5.92 Å². The van der Waals surface area contributed by atoms with Crippen molar-refractivity contribution in [1.29, 1.82) is 0 Å². The maximum atomic E-state index is 12.3. The molecule has 1 aliphatic rings. The number of carbonyl (C=O) groups is 2. The molecule has 0 radical (unpaired) electrons. The second-order valence-electron chi connectivity index (χ2n) is 8.16. The van der Waals surface area contributed by atoms with Crippen LogP contribution in [0.1, 0.15) is 28.9 Å². The molecule has 0 saturated carbocycles. The summed E-state index contributed by atoms with van der Waals surface area (Å²) in [5, 5.41) is 9.37. The minimum Gasteiger partial charge on any atom is -0.355 e. The molecule has 2 N–H and O–H groups in total. The minimum atomic E-state index is -0.433. The van der Waals surface area contributed by atoms with E-state index in [4.69, 9.17) is 4.52 Å². The molecular formula is C25H28N4O3. The highest BCUT2D eigenvalue weighted by Gasteiger charge is 2.21. The van der Waals surface area contributed by atoms with Gasteiger partial charge in [-0.2, -0.15) is 0 Å². The highest BCUT2D eigenvalue weighted by molar-refractivity contribution is 5.95. The third-order valence-electron chi connectivity index (χ3n) is 5.65. The number of aromatic nitrogens is 1. The standard InChI is InChI=1S/C25H28N4O3/c30-24(16-27-25(31)22-14-23(32-28-22)21-11-5-2-6-12-21)26-15-20-10-7-13-29(18-20)17-19-8-3-1-4-9-19/h1-6,8-9,11-12,14,20H,7,10,13,15-18H2,(H,26,30)(H,27,31). The summed E-state index contributed by atoms with van der Waals surface area (Å²) in [6, 6.07) is 21.4. The van der Waals surface area contributed by atoms with Gasteiger partial charge < -0.3 is 15.2 Å². The summed E-state index contributed by atoms with van der Waals surface area (Å²) >= 11 is 0. The van der Waals surface area contributed by atoms with Gasteiger partial charge in [-0.3, -0.25) is 14.5 Å². The fraction of sp³-hybridized carbons (Fsp3) is 0.320. The third kappa shape index (κ3) is 6.04. The summed E-state index contributed by atoms with van der Waals surface area (Å²) in [5.74, 6) is 0.289. The zero-order valence-corrected chi connectivity index (χ0v) is 18.0. The predicted octanol–water partition coefficient (Wildman–Crippen LogP) is 3.10. The minimum absolute atomic E-state index is 0.0905. The van der Waals surface area contributed by atoms with Gasteiger partial charge in [0.05, 0.1) is 6.54 Å². The van der Waals surface area contributed by atoms with Crippen LogP contribution in [0.5, 0.6) is 0 Å². The molecule has 1 atom stereocenters. The van der Waals surface area contributed by atoms with Gasteiger partial charge in [-0.1, -0.05) is 65.8 Å². The predicted molar refractivity (Wildman–Crippen MR) is 122 cm³/mol. The molecule has 1 aromatic heterocycles. The van der Waals surface area contributed by atoms with E-state index in [0.717, 1.165) is 38.0 Å². The van der Waals surface area contributed by atoms with Crippen molar-refractivity contribution < 1.29 is 14.1 Å². The molecule has 3 aromatic rings. The van der Waals surface area contributed by atoms with Gasteiger partial charge in [-0.15, -0.1) is 0 Å². The fourth-order valence-electron chi connectivity index (χ4n) is 4.00. The van der Waals surface area contributed by atoms with Crippen molar-refractivity contribution in [1.82, 2.24) is 20.7 Å². The van der Waals surface area contributed by atoms with E-state index in [9.17, 15) is 9.59 Å². The lowest BCUT2D eigenvalue weighted by Gasteiger charge is -2.32. The van der Waals surface area contributed by atoms with Crippen LogP contribution in [0.25, 0.3) is 11.3 Å². The van der Waals surface area contributed by atoms with Crippen molar-refractivity contribution in [2.24, 2.45) is 5.92 Å². The molecule has 0 aliphatic carbocycles. The van der Waals surface area contributed by atoms with Gasteiger partial charge in [-0.05, 0) is 30.9 Å². The van der Waals surface area contributed by atoms with Crippen molar-refractivity contribution in [3.63, 3.8) is 0 Å². The van der Waals surface area contributed by atoms with E-state index in [2.05, 4.69) is 45.0 Å². The van der Waals surface area contributed by atoms with Gasteiger partial charge in [0.25, 0.3) is 5.91 Å². The monoisotopic (exact) mass is 432 g/mol. The largest absolute Gasteiger partial charge is 0.355 e. The maximum absolute atomic E-state index is 12.3. The summed E-state index contributed by atoms with van der Waals surface area (Å²) < 4.78 is 5.24.